The van der Waals surface area contributed by atoms with E-state index in [2.05, 4.69) is 4.72 Å². The molecule has 1 rings (SSSR count). The van der Waals surface area contributed by atoms with E-state index in [-0.39, 0.29) is 18.4 Å². The smallest absolute Gasteiger partial charge is 0.216 e. The van der Waals surface area contributed by atoms with Crippen LogP contribution in [0.2, 0.25) is 0 Å². The van der Waals surface area contributed by atoms with E-state index in [1.165, 1.54) is 0 Å². The minimum Gasteiger partial charge on any atom is -0.392 e. The first-order chi connectivity index (χ1) is 8.46. The Bertz CT molecular complexity index is 471. The van der Waals surface area contributed by atoms with Gasteiger partial charge in [0.1, 0.15) is 0 Å². The lowest BCUT2D eigenvalue weighted by Crippen LogP contribution is -2.33. The largest absolute Gasteiger partial charge is 0.392 e. The summed E-state index contributed by atoms with van der Waals surface area (Å²) in [4.78, 5) is 0. The Morgan fingerprint density at radius 3 is 2.61 bits per heavy atom. The quantitative estimate of drug-likeness (QED) is 0.794. The van der Waals surface area contributed by atoms with E-state index in [1.54, 1.807) is 24.3 Å². The van der Waals surface area contributed by atoms with E-state index in [9.17, 15) is 8.42 Å². The molecule has 0 radical (unpaired) electrons. The van der Waals surface area contributed by atoms with E-state index in [0.717, 1.165) is 18.4 Å². The maximum atomic E-state index is 11.9. The molecule has 0 aliphatic heterocycles. The Morgan fingerprint density at radius 2 is 2.00 bits per heavy atom. The van der Waals surface area contributed by atoms with Crippen LogP contribution < -0.4 is 4.72 Å². The van der Waals surface area contributed by atoms with Gasteiger partial charge in [0, 0.05) is 6.04 Å². The van der Waals surface area contributed by atoms with Crippen LogP contribution in [0.3, 0.4) is 0 Å². The molecule has 5 heteroatoms. The zero-order valence-electron chi connectivity index (χ0n) is 10.9. The molecule has 1 aromatic rings. The number of aliphatic hydroxyl groups excluding tert-OH is 1. The average molecular weight is 271 g/mol. The lowest BCUT2D eigenvalue weighted by molar-refractivity contribution is 0.282. The lowest BCUT2D eigenvalue weighted by Gasteiger charge is -2.13. The van der Waals surface area contributed by atoms with Crippen molar-refractivity contribution in [3.63, 3.8) is 0 Å². The summed E-state index contributed by atoms with van der Waals surface area (Å²) in [5, 5.41) is 9.01. The van der Waals surface area contributed by atoms with Gasteiger partial charge in [-0.2, -0.15) is 0 Å². The van der Waals surface area contributed by atoms with Crippen LogP contribution >= 0.6 is 0 Å². The van der Waals surface area contributed by atoms with Gasteiger partial charge in [0.25, 0.3) is 0 Å². The van der Waals surface area contributed by atoms with Crippen molar-refractivity contribution in [3.05, 3.63) is 35.4 Å². The second-order valence-corrected chi connectivity index (χ2v) is 6.30. The van der Waals surface area contributed by atoms with Crippen LogP contribution in [0.5, 0.6) is 0 Å². The van der Waals surface area contributed by atoms with Gasteiger partial charge < -0.3 is 5.11 Å². The fourth-order valence-electron chi connectivity index (χ4n) is 1.88. The number of hydrogen-bond acceptors (Lipinski definition) is 3. The van der Waals surface area contributed by atoms with Gasteiger partial charge in [-0.05, 0) is 24.5 Å². The van der Waals surface area contributed by atoms with Gasteiger partial charge in [-0.25, -0.2) is 13.1 Å². The summed E-state index contributed by atoms with van der Waals surface area (Å²) in [6.45, 7) is 3.81. The Morgan fingerprint density at radius 1 is 1.33 bits per heavy atom. The highest BCUT2D eigenvalue weighted by Gasteiger charge is 2.14. The first kappa shape index (κ1) is 15.1. The van der Waals surface area contributed by atoms with E-state index in [0.29, 0.717) is 5.56 Å². The molecule has 0 aliphatic rings. The Balaban J connectivity index is 2.70. The fraction of sp³-hybridized carbons (Fsp3) is 0.538. The molecule has 102 valence electrons. The zero-order chi connectivity index (χ0) is 13.6. The topological polar surface area (TPSA) is 66.4 Å². The van der Waals surface area contributed by atoms with Crippen LogP contribution in [-0.2, 0) is 22.4 Å². The van der Waals surface area contributed by atoms with E-state index < -0.39 is 10.0 Å². The molecule has 0 amide bonds. The van der Waals surface area contributed by atoms with Crippen LogP contribution in [0.15, 0.2) is 24.3 Å². The summed E-state index contributed by atoms with van der Waals surface area (Å²) >= 11 is 0. The zero-order valence-corrected chi connectivity index (χ0v) is 11.7. The molecule has 0 aromatic heterocycles. The molecular weight excluding hydrogens is 250 g/mol. The first-order valence-electron chi connectivity index (χ1n) is 6.15. The molecule has 0 bridgehead atoms. The monoisotopic (exact) mass is 271 g/mol. The summed E-state index contributed by atoms with van der Waals surface area (Å²) in [6, 6.07) is 6.95. The van der Waals surface area contributed by atoms with Crippen LogP contribution in [0, 0.1) is 0 Å². The molecule has 0 heterocycles. The van der Waals surface area contributed by atoms with Gasteiger partial charge in [0.05, 0.1) is 12.4 Å². The predicted molar refractivity (Wildman–Crippen MR) is 72.5 cm³/mol. The minimum absolute atomic E-state index is 0.0407. The average Bonchev–Trinajstić information content (AvgIpc) is 2.28. The Hall–Kier alpha value is -0.910. The van der Waals surface area contributed by atoms with Gasteiger partial charge in [-0.1, -0.05) is 37.6 Å². The van der Waals surface area contributed by atoms with Gasteiger partial charge in [-0.3, -0.25) is 0 Å². The molecule has 0 saturated carbocycles. The van der Waals surface area contributed by atoms with Crippen molar-refractivity contribution < 1.29 is 13.5 Å². The molecule has 1 unspecified atom stereocenters. The van der Waals surface area contributed by atoms with E-state index in [1.807, 2.05) is 13.8 Å². The maximum Gasteiger partial charge on any atom is 0.216 e. The Labute approximate surface area is 109 Å². The molecule has 0 saturated heterocycles. The first-order valence-corrected chi connectivity index (χ1v) is 7.80. The van der Waals surface area contributed by atoms with Crippen molar-refractivity contribution in [2.45, 2.75) is 45.1 Å². The van der Waals surface area contributed by atoms with Crippen LogP contribution in [-0.4, -0.2) is 19.6 Å². The molecule has 1 aromatic carbocycles. The van der Waals surface area contributed by atoms with Crippen molar-refractivity contribution >= 4 is 10.0 Å². The summed E-state index contributed by atoms with van der Waals surface area (Å²) < 4.78 is 26.5. The van der Waals surface area contributed by atoms with Crippen molar-refractivity contribution in [2.75, 3.05) is 0 Å². The second kappa shape index (κ2) is 6.87. The van der Waals surface area contributed by atoms with Crippen LogP contribution in [0.4, 0.5) is 0 Å². The third-order valence-electron chi connectivity index (χ3n) is 2.63. The molecule has 0 aliphatic carbocycles. The molecule has 18 heavy (non-hydrogen) atoms. The summed E-state index contributed by atoms with van der Waals surface area (Å²) in [7, 11) is -3.31. The normalized spacial score (nSPS) is 13.5. The highest BCUT2D eigenvalue weighted by atomic mass is 32.2. The van der Waals surface area contributed by atoms with Gasteiger partial charge in [0.2, 0.25) is 10.0 Å². The predicted octanol–water partition coefficient (Wildman–Crippen LogP) is 1.79. The number of aliphatic hydroxyl groups is 1. The number of rotatable bonds is 7. The SMILES string of the molecule is CCCC(C)NS(=O)(=O)Cc1cccc(CO)c1. The molecule has 0 fully saturated rings. The van der Waals surface area contributed by atoms with Crippen LogP contribution in [0.25, 0.3) is 0 Å². The molecule has 2 N–H and O–H groups in total. The third kappa shape index (κ3) is 5.16. The molecule has 1 atom stereocenters. The summed E-state index contributed by atoms with van der Waals surface area (Å²) in [5.74, 6) is -0.0467. The van der Waals surface area contributed by atoms with Crippen molar-refractivity contribution in [1.82, 2.24) is 4.72 Å². The lowest BCUT2D eigenvalue weighted by atomic mass is 10.1. The Kier molecular flexibility index (Phi) is 5.78. The molecule has 0 spiro atoms. The van der Waals surface area contributed by atoms with Crippen molar-refractivity contribution in [3.8, 4) is 0 Å². The van der Waals surface area contributed by atoms with Crippen molar-refractivity contribution in [1.29, 1.82) is 0 Å². The molecule has 4 nitrogen and oxygen atoms in total. The summed E-state index contributed by atoms with van der Waals surface area (Å²) in [6.07, 6.45) is 1.78. The van der Waals surface area contributed by atoms with Gasteiger partial charge in [0.15, 0.2) is 0 Å². The number of hydrogen-bond donors (Lipinski definition) is 2. The highest BCUT2D eigenvalue weighted by Crippen LogP contribution is 2.09. The van der Waals surface area contributed by atoms with Gasteiger partial charge in [-0.15, -0.1) is 0 Å². The fourth-order valence-corrected chi connectivity index (χ4v) is 3.31. The highest BCUT2D eigenvalue weighted by molar-refractivity contribution is 7.88. The number of benzene rings is 1. The standard InChI is InChI=1S/C13H21NO3S/c1-3-5-11(2)14-18(16,17)10-13-7-4-6-12(8-13)9-15/h4,6-8,11,14-15H,3,5,9-10H2,1-2H3. The minimum atomic E-state index is -3.31. The third-order valence-corrected chi connectivity index (χ3v) is 4.11. The van der Waals surface area contributed by atoms with E-state index >= 15 is 0 Å². The van der Waals surface area contributed by atoms with E-state index in [4.69, 9.17) is 5.11 Å². The molecular formula is C13H21NO3S. The van der Waals surface area contributed by atoms with Crippen molar-refractivity contribution in [2.24, 2.45) is 0 Å². The summed E-state index contributed by atoms with van der Waals surface area (Å²) in [5.41, 5.74) is 1.42. The number of nitrogens with one attached hydrogen (secondary N) is 1. The number of sulfonamides is 1. The second-order valence-electron chi connectivity index (χ2n) is 4.54. The maximum absolute atomic E-state index is 11.9. The van der Waals surface area contributed by atoms with Gasteiger partial charge >= 0.3 is 0 Å². The van der Waals surface area contributed by atoms with Crippen LogP contribution in [0.1, 0.15) is 37.8 Å².